The Balaban J connectivity index is 2.32. The van der Waals surface area contributed by atoms with Gasteiger partial charge >= 0.3 is 0 Å². The molecule has 19 heavy (non-hydrogen) atoms. The van der Waals surface area contributed by atoms with E-state index in [-0.39, 0.29) is 21.6 Å². The molecule has 2 aromatic rings. The zero-order valence-corrected chi connectivity index (χ0v) is 10.9. The molecular formula is C10H8ClFN4O2S. The number of nitrogens with zero attached hydrogens (tertiary/aromatic N) is 2. The summed E-state index contributed by atoms with van der Waals surface area (Å²) < 4.78 is 39.2. The molecule has 0 unspecified atom stereocenters. The summed E-state index contributed by atoms with van der Waals surface area (Å²) in [7, 11) is -3.96. The van der Waals surface area contributed by atoms with Crippen molar-refractivity contribution in [1.82, 2.24) is 10.2 Å². The molecule has 0 aliphatic heterocycles. The Kier molecular flexibility index (Phi) is 3.54. The van der Waals surface area contributed by atoms with Crippen LogP contribution in [0.1, 0.15) is 0 Å². The van der Waals surface area contributed by atoms with Crippen molar-refractivity contribution in [1.29, 1.82) is 0 Å². The topological polar surface area (TPSA) is 98.0 Å². The number of anilines is 2. The van der Waals surface area contributed by atoms with Crippen LogP contribution in [0.4, 0.5) is 15.9 Å². The number of nitrogen functional groups attached to an aromatic ring is 1. The molecule has 0 radical (unpaired) electrons. The highest BCUT2D eigenvalue weighted by molar-refractivity contribution is 7.92. The van der Waals surface area contributed by atoms with Gasteiger partial charge in [0.1, 0.15) is 5.82 Å². The first kappa shape index (κ1) is 13.5. The number of rotatable bonds is 3. The van der Waals surface area contributed by atoms with Crippen molar-refractivity contribution < 1.29 is 12.8 Å². The normalized spacial score (nSPS) is 11.3. The highest BCUT2D eigenvalue weighted by atomic mass is 35.5. The second kappa shape index (κ2) is 4.98. The standard InChI is InChI=1S/C10H8ClFN4O2S/c11-9-3-4-10(15-14-9)16-19(17,18)6-1-2-8(13)7(12)5-6/h1-5H,13H2,(H,15,16). The predicted molar refractivity (Wildman–Crippen MR) is 68.7 cm³/mol. The van der Waals surface area contributed by atoms with Gasteiger partial charge in [-0.05, 0) is 30.3 Å². The van der Waals surface area contributed by atoms with E-state index in [1.165, 1.54) is 18.2 Å². The van der Waals surface area contributed by atoms with Gasteiger partial charge in [0, 0.05) is 0 Å². The van der Waals surface area contributed by atoms with E-state index >= 15 is 0 Å². The number of aromatic nitrogens is 2. The Morgan fingerprint density at radius 1 is 1.21 bits per heavy atom. The van der Waals surface area contributed by atoms with E-state index in [2.05, 4.69) is 14.9 Å². The van der Waals surface area contributed by atoms with Crippen LogP contribution in [-0.2, 0) is 10.0 Å². The van der Waals surface area contributed by atoms with E-state index in [0.717, 1.165) is 12.1 Å². The molecule has 0 saturated heterocycles. The number of hydrogen-bond donors (Lipinski definition) is 2. The molecule has 0 atom stereocenters. The fourth-order valence-corrected chi connectivity index (χ4v) is 2.35. The summed E-state index contributed by atoms with van der Waals surface area (Å²) in [6, 6.07) is 5.87. The van der Waals surface area contributed by atoms with Crippen molar-refractivity contribution >= 4 is 33.1 Å². The smallest absolute Gasteiger partial charge is 0.263 e. The zero-order valence-electron chi connectivity index (χ0n) is 9.34. The lowest BCUT2D eigenvalue weighted by atomic mass is 10.3. The van der Waals surface area contributed by atoms with Crippen LogP contribution in [0.2, 0.25) is 5.15 Å². The van der Waals surface area contributed by atoms with E-state index in [1.54, 1.807) is 0 Å². The molecule has 0 amide bonds. The molecule has 3 N–H and O–H groups in total. The summed E-state index contributed by atoms with van der Waals surface area (Å²) in [5.41, 5.74) is 5.14. The quantitative estimate of drug-likeness (QED) is 0.840. The molecule has 0 aliphatic carbocycles. The summed E-state index contributed by atoms with van der Waals surface area (Å²) in [5, 5.41) is 7.15. The minimum atomic E-state index is -3.96. The molecule has 6 nitrogen and oxygen atoms in total. The minimum absolute atomic E-state index is 0.0263. The molecule has 1 aromatic heterocycles. The van der Waals surface area contributed by atoms with Crippen molar-refractivity contribution in [3.63, 3.8) is 0 Å². The Morgan fingerprint density at radius 3 is 2.53 bits per heavy atom. The van der Waals surface area contributed by atoms with Crippen molar-refractivity contribution in [3.05, 3.63) is 41.3 Å². The maximum Gasteiger partial charge on any atom is 0.263 e. The summed E-state index contributed by atoms with van der Waals surface area (Å²) >= 11 is 5.52. The zero-order chi connectivity index (χ0) is 14.0. The van der Waals surface area contributed by atoms with Crippen LogP contribution < -0.4 is 10.5 Å². The van der Waals surface area contributed by atoms with Gasteiger partial charge in [0.25, 0.3) is 10.0 Å². The van der Waals surface area contributed by atoms with Gasteiger partial charge in [-0.25, -0.2) is 12.8 Å². The van der Waals surface area contributed by atoms with Crippen LogP contribution >= 0.6 is 11.6 Å². The van der Waals surface area contributed by atoms with E-state index in [1.807, 2.05) is 0 Å². The van der Waals surface area contributed by atoms with Crippen molar-refractivity contribution in [2.45, 2.75) is 4.90 Å². The van der Waals surface area contributed by atoms with Crippen LogP contribution in [0, 0.1) is 5.82 Å². The first-order valence-corrected chi connectivity index (χ1v) is 6.82. The maximum atomic E-state index is 13.2. The molecule has 9 heteroatoms. The van der Waals surface area contributed by atoms with E-state index < -0.39 is 15.8 Å². The predicted octanol–water partition coefficient (Wildman–Crippen LogP) is 1.65. The van der Waals surface area contributed by atoms with Crippen LogP contribution in [0.15, 0.2) is 35.2 Å². The second-order valence-corrected chi connectivity index (χ2v) is 5.60. The first-order valence-electron chi connectivity index (χ1n) is 4.95. The lowest BCUT2D eigenvalue weighted by Crippen LogP contribution is -2.14. The van der Waals surface area contributed by atoms with Crippen LogP contribution in [0.25, 0.3) is 0 Å². The van der Waals surface area contributed by atoms with Crippen LogP contribution in [-0.4, -0.2) is 18.6 Å². The number of halogens is 2. The SMILES string of the molecule is Nc1ccc(S(=O)(=O)Nc2ccc(Cl)nn2)cc1F. The van der Waals surface area contributed by atoms with Gasteiger partial charge in [-0.3, -0.25) is 4.72 Å². The Hall–Kier alpha value is -1.93. The monoisotopic (exact) mass is 302 g/mol. The lowest BCUT2D eigenvalue weighted by Gasteiger charge is -2.07. The van der Waals surface area contributed by atoms with Gasteiger partial charge < -0.3 is 5.73 Å². The summed E-state index contributed by atoms with van der Waals surface area (Å²) in [6.45, 7) is 0. The number of sulfonamides is 1. The third-order valence-corrected chi connectivity index (χ3v) is 3.71. The van der Waals surface area contributed by atoms with Gasteiger partial charge in [-0.1, -0.05) is 11.6 Å². The lowest BCUT2D eigenvalue weighted by molar-refractivity contribution is 0.596. The molecule has 100 valence electrons. The molecule has 2 rings (SSSR count). The van der Waals surface area contributed by atoms with E-state index in [9.17, 15) is 12.8 Å². The molecule has 0 aliphatic rings. The Labute approximate surface area is 113 Å². The number of nitrogens with two attached hydrogens (primary N) is 1. The fourth-order valence-electron chi connectivity index (χ4n) is 1.24. The third-order valence-electron chi connectivity index (χ3n) is 2.15. The van der Waals surface area contributed by atoms with Gasteiger partial charge in [-0.15, -0.1) is 10.2 Å². The highest BCUT2D eigenvalue weighted by Crippen LogP contribution is 2.18. The summed E-state index contributed by atoms with van der Waals surface area (Å²) in [6.07, 6.45) is 0. The largest absolute Gasteiger partial charge is 0.396 e. The molecule has 0 saturated carbocycles. The van der Waals surface area contributed by atoms with Crippen molar-refractivity contribution in [3.8, 4) is 0 Å². The Bertz CT molecular complexity index is 706. The fraction of sp³-hybridized carbons (Fsp3) is 0. The molecule has 0 bridgehead atoms. The minimum Gasteiger partial charge on any atom is -0.396 e. The van der Waals surface area contributed by atoms with Crippen LogP contribution in [0.5, 0.6) is 0 Å². The molecule has 0 fully saturated rings. The molecule has 1 heterocycles. The number of nitrogens with one attached hydrogen (secondary N) is 1. The van der Waals surface area contributed by atoms with Crippen molar-refractivity contribution in [2.75, 3.05) is 10.5 Å². The van der Waals surface area contributed by atoms with E-state index in [0.29, 0.717) is 0 Å². The third kappa shape index (κ3) is 3.09. The molecule has 0 spiro atoms. The summed E-state index contributed by atoms with van der Waals surface area (Å²) in [4.78, 5) is -0.268. The number of benzene rings is 1. The first-order chi connectivity index (χ1) is 8.88. The van der Waals surface area contributed by atoms with Crippen LogP contribution in [0.3, 0.4) is 0 Å². The van der Waals surface area contributed by atoms with Crippen molar-refractivity contribution in [2.24, 2.45) is 0 Å². The van der Waals surface area contributed by atoms with Gasteiger partial charge in [0.15, 0.2) is 11.0 Å². The Morgan fingerprint density at radius 2 is 1.95 bits per heavy atom. The van der Waals surface area contributed by atoms with E-state index in [4.69, 9.17) is 17.3 Å². The van der Waals surface area contributed by atoms with Gasteiger partial charge in [0.2, 0.25) is 0 Å². The molecule has 1 aromatic carbocycles. The summed E-state index contributed by atoms with van der Waals surface area (Å²) in [5.74, 6) is -0.841. The van der Waals surface area contributed by atoms with Gasteiger partial charge in [-0.2, -0.15) is 0 Å². The second-order valence-electron chi connectivity index (χ2n) is 3.53. The average molecular weight is 303 g/mol. The highest BCUT2D eigenvalue weighted by Gasteiger charge is 2.16. The molecular weight excluding hydrogens is 295 g/mol. The average Bonchev–Trinajstić information content (AvgIpc) is 2.35. The number of hydrogen-bond acceptors (Lipinski definition) is 5. The van der Waals surface area contributed by atoms with Gasteiger partial charge in [0.05, 0.1) is 10.6 Å². The maximum absolute atomic E-state index is 13.2.